The first kappa shape index (κ1) is 23.3. The predicted molar refractivity (Wildman–Crippen MR) is 132 cm³/mol. The summed E-state index contributed by atoms with van der Waals surface area (Å²) in [7, 11) is 4.66. The molecule has 0 aromatic heterocycles. The van der Waals surface area contributed by atoms with E-state index in [-0.39, 0.29) is 11.7 Å². The molecule has 0 bridgehead atoms. The molecule has 3 rings (SSSR count). The van der Waals surface area contributed by atoms with Gasteiger partial charge in [0.25, 0.3) is 0 Å². The zero-order valence-corrected chi connectivity index (χ0v) is 18.7. The van der Waals surface area contributed by atoms with E-state index in [2.05, 4.69) is 5.32 Å². The second kappa shape index (κ2) is 10.8. The van der Waals surface area contributed by atoms with Gasteiger partial charge in [-0.05, 0) is 53.1 Å². The number of nitrogens with one attached hydrogen (secondary N) is 1. The predicted octanol–water partition coefficient (Wildman–Crippen LogP) is 4.82. The number of hydrogen-bond acceptors (Lipinski definition) is 6. The SMILES string of the molecule is COc1cc(/C=C/c2ccc(NC(=O)/C=C/c3ccccc3N)c(O)c2)cc(OC)c1OC. The first-order valence-corrected chi connectivity index (χ1v) is 10.1. The van der Waals surface area contributed by atoms with E-state index < -0.39 is 0 Å². The van der Waals surface area contributed by atoms with Crippen molar-refractivity contribution >= 4 is 35.5 Å². The van der Waals surface area contributed by atoms with Crippen LogP contribution < -0.4 is 25.3 Å². The Hall–Kier alpha value is -4.39. The van der Waals surface area contributed by atoms with Crippen LogP contribution in [0.15, 0.2) is 60.7 Å². The Morgan fingerprint density at radius 3 is 2.15 bits per heavy atom. The second-order valence-electron chi connectivity index (χ2n) is 7.02. The molecule has 7 nitrogen and oxygen atoms in total. The molecule has 0 aliphatic carbocycles. The monoisotopic (exact) mass is 446 g/mol. The summed E-state index contributed by atoms with van der Waals surface area (Å²) in [5.41, 5.74) is 9.05. The Morgan fingerprint density at radius 1 is 0.879 bits per heavy atom. The fourth-order valence-electron chi connectivity index (χ4n) is 3.15. The molecule has 0 saturated heterocycles. The van der Waals surface area contributed by atoms with Gasteiger partial charge in [-0.3, -0.25) is 4.79 Å². The highest BCUT2D eigenvalue weighted by Crippen LogP contribution is 2.38. The highest BCUT2D eigenvalue weighted by atomic mass is 16.5. The van der Waals surface area contributed by atoms with Crippen LogP contribution in [-0.4, -0.2) is 32.3 Å². The number of amides is 1. The lowest BCUT2D eigenvalue weighted by atomic mass is 10.1. The highest BCUT2D eigenvalue weighted by Gasteiger charge is 2.12. The molecule has 0 heterocycles. The number of benzene rings is 3. The number of nitrogen functional groups attached to an aromatic ring is 1. The zero-order valence-electron chi connectivity index (χ0n) is 18.7. The van der Waals surface area contributed by atoms with Crippen LogP contribution in [0.4, 0.5) is 11.4 Å². The number of rotatable bonds is 8. The summed E-state index contributed by atoms with van der Waals surface area (Å²) in [6.45, 7) is 0. The van der Waals surface area contributed by atoms with Crippen LogP contribution in [-0.2, 0) is 4.79 Å². The van der Waals surface area contributed by atoms with E-state index in [1.165, 1.54) is 6.08 Å². The van der Waals surface area contributed by atoms with E-state index in [1.54, 1.807) is 51.7 Å². The molecule has 0 aliphatic rings. The largest absolute Gasteiger partial charge is 0.506 e. The molecular weight excluding hydrogens is 420 g/mol. The average Bonchev–Trinajstić information content (AvgIpc) is 2.83. The van der Waals surface area contributed by atoms with Crippen molar-refractivity contribution in [2.75, 3.05) is 32.4 Å². The van der Waals surface area contributed by atoms with Gasteiger partial charge in [-0.15, -0.1) is 0 Å². The van der Waals surface area contributed by atoms with Crippen molar-refractivity contribution in [2.24, 2.45) is 0 Å². The molecule has 3 aromatic carbocycles. The van der Waals surface area contributed by atoms with Crippen molar-refractivity contribution in [1.29, 1.82) is 0 Å². The molecule has 0 spiro atoms. The summed E-state index contributed by atoms with van der Waals surface area (Å²) in [6.07, 6.45) is 6.66. The molecule has 0 radical (unpaired) electrons. The first-order chi connectivity index (χ1) is 15.9. The van der Waals surface area contributed by atoms with Crippen molar-refractivity contribution in [2.45, 2.75) is 0 Å². The molecular formula is C26H26N2O5. The van der Waals surface area contributed by atoms with Gasteiger partial charge in [-0.25, -0.2) is 0 Å². The highest BCUT2D eigenvalue weighted by molar-refractivity contribution is 6.03. The normalized spacial score (nSPS) is 11.0. The van der Waals surface area contributed by atoms with E-state index in [9.17, 15) is 9.90 Å². The van der Waals surface area contributed by atoms with Gasteiger partial charge in [0.05, 0.1) is 27.0 Å². The summed E-state index contributed by atoms with van der Waals surface area (Å²) < 4.78 is 16.1. The Kier molecular flexibility index (Phi) is 7.60. The van der Waals surface area contributed by atoms with Gasteiger partial charge in [0.2, 0.25) is 11.7 Å². The van der Waals surface area contributed by atoms with Crippen molar-refractivity contribution in [3.05, 3.63) is 77.4 Å². The molecule has 7 heteroatoms. The number of anilines is 2. The van der Waals surface area contributed by atoms with Crippen molar-refractivity contribution in [1.82, 2.24) is 0 Å². The summed E-state index contributed by atoms with van der Waals surface area (Å²) in [6, 6.07) is 15.8. The summed E-state index contributed by atoms with van der Waals surface area (Å²) in [4.78, 5) is 12.2. The van der Waals surface area contributed by atoms with Crippen LogP contribution in [0.2, 0.25) is 0 Å². The van der Waals surface area contributed by atoms with E-state index >= 15 is 0 Å². The smallest absolute Gasteiger partial charge is 0.248 e. The number of aromatic hydroxyl groups is 1. The standard InChI is InChI=1S/C26H26N2O5/c1-31-23-15-18(16-24(32-2)26(23)33-3)9-8-17-10-12-21(22(29)14-17)28-25(30)13-11-19-6-4-5-7-20(19)27/h4-16,29H,27H2,1-3H3,(H,28,30)/b9-8+,13-11+. The van der Waals surface area contributed by atoms with E-state index in [0.717, 1.165) is 16.7 Å². The molecule has 4 N–H and O–H groups in total. The van der Waals surface area contributed by atoms with Gasteiger partial charge in [0, 0.05) is 11.8 Å². The van der Waals surface area contributed by atoms with Gasteiger partial charge in [0.1, 0.15) is 5.75 Å². The van der Waals surface area contributed by atoms with Gasteiger partial charge < -0.3 is 30.4 Å². The Bertz CT molecular complexity index is 1180. The summed E-state index contributed by atoms with van der Waals surface area (Å²) >= 11 is 0. The third-order valence-electron chi connectivity index (χ3n) is 4.85. The maximum Gasteiger partial charge on any atom is 0.248 e. The fourth-order valence-corrected chi connectivity index (χ4v) is 3.15. The van der Waals surface area contributed by atoms with Crippen LogP contribution in [0.1, 0.15) is 16.7 Å². The van der Waals surface area contributed by atoms with Crippen LogP contribution in [0, 0.1) is 0 Å². The molecule has 0 aliphatic heterocycles. The van der Waals surface area contributed by atoms with Crippen LogP contribution in [0.25, 0.3) is 18.2 Å². The van der Waals surface area contributed by atoms with Crippen LogP contribution >= 0.6 is 0 Å². The number of phenols is 1. The Morgan fingerprint density at radius 2 is 1.55 bits per heavy atom. The van der Waals surface area contributed by atoms with Crippen LogP contribution in [0.3, 0.4) is 0 Å². The summed E-state index contributed by atoms with van der Waals surface area (Å²) in [5.74, 6) is 1.17. The number of phenolic OH excluding ortho intramolecular Hbond substituents is 1. The average molecular weight is 447 g/mol. The maximum absolute atomic E-state index is 12.2. The third-order valence-corrected chi connectivity index (χ3v) is 4.85. The lowest BCUT2D eigenvalue weighted by Gasteiger charge is -2.12. The number of nitrogens with two attached hydrogens (primary N) is 1. The number of para-hydroxylation sites is 1. The minimum Gasteiger partial charge on any atom is -0.506 e. The minimum absolute atomic E-state index is 0.0528. The Balaban J connectivity index is 1.72. The van der Waals surface area contributed by atoms with Crippen molar-refractivity contribution < 1.29 is 24.1 Å². The van der Waals surface area contributed by atoms with E-state index in [0.29, 0.717) is 28.6 Å². The molecule has 3 aromatic rings. The number of hydrogen-bond donors (Lipinski definition) is 3. The molecule has 0 atom stereocenters. The second-order valence-corrected chi connectivity index (χ2v) is 7.02. The van der Waals surface area contributed by atoms with Crippen molar-refractivity contribution in [3.63, 3.8) is 0 Å². The van der Waals surface area contributed by atoms with Crippen molar-refractivity contribution in [3.8, 4) is 23.0 Å². The maximum atomic E-state index is 12.2. The first-order valence-electron chi connectivity index (χ1n) is 10.1. The number of methoxy groups -OCH3 is 3. The van der Waals surface area contributed by atoms with Crippen LogP contribution in [0.5, 0.6) is 23.0 Å². The lowest BCUT2D eigenvalue weighted by Crippen LogP contribution is -2.08. The van der Waals surface area contributed by atoms with Gasteiger partial charge in [-0.1, -0.05) is 36.4 Å². The number of ether oxygens (including phenoxy) is 3. The molecule has 33 heavy (non-hydrogen) atoms. The topological polar surface area (TPSA) is 103 Å². The molecule has 170 valence electrons. The zero-order chi connectivity index (χ0) is 23.8. The minimum atomic E-state index is -0.380. The lowest BCUT2D eigenvalue weighted by molar-refractivity contribution is -0.111. The molecule has 0 fully saturated rings. The van der Waals surface area contributed by atoms with E-state index in [4.69, 9.17) is 19.9 Å². The number of carbonyl (C=O) groups is 1. The van der Waals surface area contributed by atoms with E-state index in [1.807, 2.05) is 42.5 Å². The van der Waals surface area contributed by atoms with Gasteiger partial charge >= 0.3 is 0 Å². The Labute approximate surface area is 192 Å². The van der Waals surface area contributed by atoms with Gasteiger partial charge in [0.15, 0.2) is 11.5 Å². The molecule has 1 amide bonds. The quantitative estimate of drug-likeness (QED) is 0.198. The fraction of sp³-hybridized carbons (Fsp3) is 0.115. The van der Waals surface area contributed by atoms with Gasteiger partial charge in [-0.2, -0.15) is 0 Å². The number of carbonyl (C=O) groups excluding carboxylic acids is 1. The third kappa shape index (κ3) is 5.86. The summed E-state index contributed by atoms with van der Waals surface area (Å²) in [5, 5.41) is 13.0. The molecule has 0 saturated carbocycles. The molecule has 0 unspecified atom stereocenters.